The van der Waals surface area contributed by atoms with Gasteiger partial charge in [0.15, 0.2) is 0 Å². The number of rotatable bonds is 9. The molecule has 3 N–H and O–H groups in total. The number of carbonyl (C=O) groups is 2. The topological polar surface area (TPSA) is 70.2 Å². The lowest BCUT2D eigenvalue weighted by atomic mass is 10.0. The first-order valence-corrected chi connectivity index (χ1v) is 9.41. The fourth-order valence-corrected chi connectivity index (χ4v) is 3.31. The second kappa shape index (κ2) is 9.96. The van der Waals surface area contributed by atoms with Gasteiger partial charge in [-0.25, -0.2) is 0 Å². The number of aryl methyl sites for hydroxylation is 1. The number of thiophene rings is 1. The minimum atomic E-state index is -0.196. The predicted octanol–water partition coefficient (Wildman–Crippen LogP) is 2.24. The van der Waals surface area contributed by atoms with E-state index in [1.807, 2.05) is 18.4 Å². The summed E-state index contributed by atoms with van der Waals surface area (Å²) in [5.41, 5.74) is 2.41. The molecule has 2 aromatic rings. The van der Waals surface area contributed by atoms with Crippen LogP contribution in [0.1, 0.15) is 35.9 Å². The molecule has 2 amide bonds. The lowest BCUT2D eigenvalue weighted by Crippen LogP contribution is -2.41. The van der Waals surface area contributed by atoms with Gasteiger partial charge in [0.25, 0.3) is 0 Å². The van der Waals surface area contributed by atoms with E-state index in [-0.39, 0.29) is 30.9 Å². The molecule has 134 valence electrons. The minimum absolute atomic E-state index is 0.00319. The van der Waals surface area contributed by atoms with Gasteiger partial charge in [-0.05, 0) is 35.9 Å². The predicted molar refractivity (Wildman–Crippen MR) is 102 cm³/mol. The Kier molecular flexibility index (Phi) is 7.63. The van der Waals surface area contributed by atoms with E-state index in [0.717, 1.165) is 16.9 Å². The van der Waals surface area contributed by atoms with Gasteiger partial charge >= 0.3 is 0 Å². The van der Waals surface area contributed by atoms with Crippen LogP contribution in [0.2, 0.25) is 0 Å². The second-order valence-corrected chi connectivity index (χ2v) is 6.63. The van der Waals surface area contributed by atoms with Crippen molar-refractivity contribution in [3.05, 3.63) is 57.8 Å². The molecular formula is C19H25N3O2S. The third kappa shape index (κ3) is 5.99. The van der Waals surface area contributed by atoms with Crippen LogP contribution in [0, 0.1) is 0 Å². The minimum Gasteiger partial charge on any atom is -0.355 e. The van der Waals surface area contributed by atoms with Crippen LogP contribution in [-0.4, -0.2) is 31.4 Å². The molecule has 0 aliphatic rings. The van der Waals surface area contributed by atoms with Gasteiger partial charge in [0.05, 0.1) is 19.1 Å². The summed E-state index contributed by atoms with van der Waals surface area (Å²) in [6.07, 6.45) is 1.000. The van der Waals surface area contributed by atoms with E-state index in [4.69, 9.17) is 0 Å². The lowest BCUT2D eigenvalue weighted by molar-refractivity contribution is -0.125. The first-order valence-electron chi connectivity index (χ1n) is 8.53. The third-order valence-corrected chi connectivity index (χ3v) is 4.77. The molecule has 2 rings (SSSR count). The Hall–Kier alpha value is -2.18. The van der Waals surface area contributed by atoms with Crippen molar-refractivity contribution in [2.45, 2.75) is 26.3 Å². The smallest absolute Gasteiger partial charge is 0.239 e. The summed E-state index contributed by atoms with van der Waals surface area (Å²) >= 11 is 1.65. The molecule has 0 bridgehead atoms. The number of benzene rings is 1. The van der Waals surface area contributed by atoms with Crippen molar-refractivity contribution in [3.63, 3.8) is 0 Å². The second-order valence-electron chi connectivity index (χ2n) is 5.65. The number of hydrogen-bond donors (Lipinski definition) is 3. The van der Waals surface area contributed by atoms with Gasteiger partial charge in [-0.1, -0.05) is 37.3 Å². The van der Waals surface area contributed by atoms with E-state index in [9.17, 15) is 9.59 Å². The maximum atomic E-state index is 12.0. The number of carbonyl (C=O) groups excluding carboxylic acids is 2. The van der Waals surface area contributed by atoms with Crippen LogP contribution in [0.5, 0.6) is 0 Å². The summed E-state index contributed by atoms with van der Waals surface area (Å²) in [5, 5.41) is 10.6. The van der Waals surface area contributed by atoms with Gasteiger partial charge in [-0.2, -0.15) is 0 Å². The highest BCUT2D eigenvalue weighted by atomic mass is 32.1. The fraction of sp³-hybridized carbons (Fsp3) is 0.368. The molecule has 1 heterocycles. The van der Waals surface area contributed by atoms with Crippen molar-refractivity contribution in [2.75, 3.05) is 19.6 Å². The molecule has 6 heteroatoms. The van der Waals surface area contributed by atoms with Crippen LogP contribution in [0.25, 0.3) is 0 Å². The SMILES string of the molecule is CCNC(=O)CNC(=O)CN[C@H](c1ccc(CC)cc1)c1cccs1. The summed E-state index contributed by atoms with van der Waals surface area (Å²) in [6.45, 7) is 4.68. The van der Waals surface area contributed by atoms with Crippen molar-refractivity contribution in [2.24, 2.45) is 0 Å². The Morgan fingerprint density at radius 2 is 1.72 bits per heavy atom. The van der Waals surface area contributed by atoms with Crippen molar-refractivity contribution < 1.29 is 9.59 Å². The van der Waals surface area contributed by atoms with Gasteiger partial charge in [0, 0.05) is 11.4 Å². The highest BCUT2D eigenvalue weighted by Gasteiger charge is 2.16. The molecule has 1 aromatic carbocycles. The summed E-state index contributed by atoms with van der Waals surface area (Å²) in [7, 11) is 0. The summed E-state index contributed by atoms with van der Waals surface area (Å²) < 4.78 is 0. The van der Waals surface area contributed by atoms with Gasteiger partial charge in [-0.3, -0.25) is 14.9 Å². The van der Waals surface area contributed by atoms with E-state index < -0.39 is 0 Å². The number of nitrogens with one attached hydrogen (secondary N) is 3. The Bertz CT molecular complexity index is 668. The number of hydrogen-bond acceptors (Lipinski definition) is 4. The summed E-state index contributed by atoms with van der Waals surface area (Å²) in [4.78, 5) is 24.6. The normalized spacial score (nSPS) is 11.8. The Labute approximate surface area is 152 Å². The largest absolute Gasteiger partial charge is 0.355 e. The van der Waals surface area contributed by atoms with Crippen LogP contribution in [0.3, 0.4) is 0 Å². The molecule has 25 heavy (non-hydrogen) atoms. The maximum Gasteiger partial charge on any atom is 0.239 e. The molecule has 0 radical (unpaired) electrons. The molecule has 0 fully saturated rings. The average Bonchev–Trinajstić information content (AvgIpc) is 3.15. The van der Waals surface area contributed by atoms with Crippen LogP contribution >= 0.6 is 11.3 Å². The quantitative estimate of drug-likeness (QED) is 0.643. The highest BCUT2D eigenvalue weighted by Crippen LogP contribution is 2.26. The van der Waals surface area contributed by atoms with E-state index in [1.54, 1.807) is 11.3 Å². The van der Waals surface area contributed by atoms with Crippen molar-refractivity contribution in [1.82, 2.24) is 16.0 Å². The highest BCUT2D eigenvalue weighted by molar-refractivity contribution is 7.10. The maximum absolute atomic E-state index is 12.0. The zero-order chi connectivity index (χ0) is 18.1. The van der Waals surface area contributed by atoms with E-state index in [1.165, 1.54) is 5.56 Å². The zero-order valence-corrected chi connectivity index (χ0v) is 15.5. The van der Waals surface area contributed by atoms with E-state index >= 15 is 0 Å². The van der Waals surface area contributed by atoms with Gasteiger partial charge in [0.1, 0.15) is 0 Å². The molecule has 0 aliphatic carbocycles. The van der Waals surface area contributed by atoms with Gasteiger partial charge in [-0.15, -0.1) is 11.3 Å². The first-order chi connectivity index (χ1) is 12.1. The Morgan fingerprint density at radius 3 is 2.32 bits per heavy atom. The first kappa shape index (κ1) is 19.1. The molecule has 0 spiro atoms. The summed E-state index contributed by atoms with van der Waals surface area (Å²) in [6, 6.07) is 12.5. The molecule has 0 saturated carbocycles. The standard InChI is InChI=1S/C19H25N3O2S/c1-3-14-7-9-15(10-8-14)19(16-6-5-11-25-16)22-13-18(24)21-12-17(23)20-4-2/h5-11,19,22H,3-4,12-13H2,1-2H3,(H,20,23)(H,21,24)/t19-/m1/s1. The summed E-state index contributed by atoms with van der Waals surface area (Å²) in [5.74, 6) is -0.376. The van der Waals surface area contributed by atoms with Crippen molar-refractivity contribution >= 4 is 23.2 Å². The van der Waals surface area contributed by atoms with Crippen LogP contribution in [-0.2, 0) is 16.0 Å². The third-order valence-electron chi connectivity index (χ3n) is 3.84. The zero-order valence-electron chi connectivity index (χ0n) is 14.7. The molecule has 0 aliphatic heterocycles. The van der Waals surface area contributed by atoms with Crippen LogP contribution < -0.4 is 16.0 Å². The Balaban J connectivity index is 1.97. The molecule has 1 atom stereocenters. The fourth-order valence-electron chi connectivity index (χ4n) is 2.48. The van der Waals surface area contributed by atoms with Crippen molar-refractivity contribution in [1.29, 1.82) is 0 Å². The van der Waals surface area contributed by atoms with Gasteiger partial charge < -0.3 is 10.6 Å². The van der Waals surface area contributed by atoms with E-state index in [0.29, 0.717) is 6.54 Å². The van der Waals surface area contributed by atoms with Gasteiger partial charge in [0.2, 0.25) is 11.8 Å². The van der Waals surface area contributed by atoms with Crippen LogP contribution in [0.15, 0.2) is 41.8 Å². The molecular weight excluding hydrogens is 334 g/mol. The molecule has 0 unspecified atom stereocenters. The van der Waals surface area contributed by atoms with Crippen LogP contribution in [0.4, 0.5) is 0 Å². The monoisotopic (exact) mass is 359 g/mol. The molecule has 5 nitrogen and oxygen atoms in total. The molecule has 1 aromatic heterocycles. The Morgan fingerprint density at radius 1 is 1.00 bits per heavy atom. The lowest BCUT2D eigenvalue weighted by Gasteiger charge is -2.18. The number of likely N-dealkylation sites (N-methyl/N-ethyl adjacent to an activating group) is 1. The van der Waals surface area contributed by atoms with Crippen molar-refractivity contribution in [3.8, 4) is 0 Å². The molecule has 0 saturated heterocycles. The van der Waals surface area contributed by atoms with E-state index in [2.05, 4.69) is 53.2 Å². The number of amides is 2. The average molecular weight is 359 g/mol.